The highest BCUT2D eigenvalue weighted by atomic mass is 79.9. The summed E-state index contributed by atoms with van der Waals surface area (Å²) >= 11 is 3.21. The van der Waals surface area contributed by atoms with Crippen molar-refractivity contribution >= 4 is 21.8 Å². The number of carbonyl (C=O) groups is 1. The number of nitrogens with zero attached hydrogens (tertiary/aromatic N) is 2. The quantitative estimate of drug-likeness (QED) is 0.860. The van der Waals surface area contributed by atoms with Gasteiger partial charge in [-0.15, -0.1) is 0 Å². The molecule has 0 bridgehead atoms. The second-order valence-corrected chi connectivity index (χ2v) is 4.51. The number of aromatic nitrogens is 1. The predicted octanol–water partition coefficient (Wildman–Crippen LogP) is 1.88. The lowest BCUT2D eigenvalue weighted by Crippen LogP contribution is -2.35. The van der Waals surface area contributed by atoms with Gasteiger partial charge in [-0.25, -0.2) is 4.98 Å². The lowest BCUT2D eigenvalue weighted by molar-refractivity contribution is 0.0940. The summed E-state index contributed by atoms with van der Waals surface area (Å²) < 4.78 is 0.500. The van der Waals surface area contributed by atoms with Crippen LogP contribution in [0.25, 0.3) is 0 Å². The third kappa shape index (κ3) is 2.39. The topological polar surface area (TPSA) is 65.8 Å². The molecule has 0 aliphatic heterocycles. The Hall–Kier alpha value is -1.41. The van der Waals surface area contributed by atoms with Crippen molar-refractivity contribution < 1.29 is 4.79 Å². The summed E-state index contributed by atoms with van der Waals surface area (Å²) in [6, 6.07) is 5.11. The van der Waals surface area contributed by atoms with Crippen LogP contribution in [-0.4, -0.2) is 16.9 Å². The van der Waals surface area contributed by atoms with Gasteiger partial charge in [0, 0.05) is 6.20 Å². The molecule has 2 rings (SSSR count). The minimum atomic E-state index is -0.375. The van der Waals surface area contributed by atoms with Crippen LogP contribution in [0.5, 0.6) is 0 Å². The summed E-state index contributed by atoms with van der Waals surface area (Å²) in [5.74, 6) is 0.0721. The number of pyridine rings is 1. The molecular weight excluding hydrogens is 270 g/mol. The third-order valence-electron chi connectivity index (χ3n) is 2.52. The van der Waals surface area contributed by atoms with E-state index in [0.29, 0.717) is 16.1 Å². The van der Waals surface area contributed by atoms with Gasteiger partial charge in [0.1, 0.15) is 10.6 Å². The molecule has 1 unspecified atom stereocenters. The molecule has 0 spiro atoms. The van der Waals surface area contributed by atoms with Crippen molar-refractivity contribution in [1.29, 1.82) is 5.26 Å². The second kappa shape index (κ2) is 4.62. The molecule has 1 saturated carbocycles. The van der Waals surface area contributed by atoms with Gasteiger partial charge in [-0.2, -0.15) is 5.26 Å². The predicted molar refractivity (Wildman–Crippen MR) is 61.5 cm³/mol. The van der Waals surface area contributed by atoms with Crippen LogP contribution in [0, 0.1) is 17.2 Å². The van der Waals surface area contributed by atoms with E-state index < -0.39 is 0 Å². The van der Waals surface area contributed by atoms with Gasteiger partial charge < -0.3 is 5.32 Å². The Morgan fingerprint density at radius 2 is 2.44 bits per heavy atom. The molecule has 82 valence electrons. The lowest BCUT2D eigenvalue weighted by Gasteiger charge is -2.10. The number of hydrogen-bond donors (Lipinski definition) is 1. The number of rotatable bonds is 3. The van der Waals surface area contributed by atoms with Crippen LogP contribution in [0.1, 0.15) is 23.2 Å². The van der Waals surface area contributed by atoms with Gasteiger partial charge in [-0.1, -0.05) is 0 Å². The van der Waals surface area contributed by atoms with Crippen LogP contribution >= 0.6 is 15.9 Å². The molecule has 1 aromatic rings. The van der Waals surface area contributed by atoms with Gasteiger partial charge in [-0.3, -0.25) is 4.79 Å². The van der Waals surface area contributed by atoms with E-state index in [4.69, 9.17) is 5.26 Å². The van der Waals surface area contributed by atoms with E-state index >= 15 is 0 Å². The van der Waals surface area contributed by atoms with E-state index in [1.807, 2.05) is 0 Å². The molecule has 1 aliphatic carbocycles. The van der Waals surface area contributed by atoms with E-state index in [1.54, 1.807) is 18.3 Å². The molecule has 1 aromatic heterocycles. The summed E-state index contributed by atoms with van der Waals surface area (Å²) in [5, 5.41) is 11.6. The fourth-order valence-corrected chi connectivity index (χ4v) is 1.89. The number of hydrogen-bond acceptors (Lipinski definition) is 3. The van der Waals surface area contributed by atoms with E-state index in [0.717, 1.165) is 12.8 Å². The SMILES string of the molecule is N#CC(NC(=O)c1cccnc1Br)C1CC1. The molecule has 4 nitrogen and oxygen atoms in total. The highest BCUT2D eigenvalue weighted by Crippen LogP contribution is 2.32. The lowest BCUT2D eigenvalue weighted by atomic mass is 10.2. The van der Waals surface area contributed by atoms with Gasteiger partial charge in [0.2, 0.25) is 0 Å². The monoisotopic (exact) mass is 279 g/mol. The fourth-order valence-electron chi connectivity index (χ4n) is 1.46. The maximum Gasteiger partial charge on any atom is 0.255 e. The van der Waals surface area contributed by atoms with E-state index in [9.17, 15) is 4.79 Å². The zero-order chi connectivity index (χ0) is 11.5. The Morgan fingerprint density at radius 1 is 1.69 bits per heavy atom. The first-order valence-corrected chi connectivity index (χ1v) is 5.82. The number of amides is 1. The van der Waals surface area contributed by atoms with Crippen LogP contribution in [-0.2, 0) is 0 Å². The first-order chi connectivity index (χ1) is 7.72. The second-order valence-electron chi connectivity index (χ2n) is 3.76. The fraction of sp³-hybridized carbons (Fsp3) is 0.364. The average molecular weight is 280 g/mol. The molecular formula is C11H10BrN3O. The van der Waals surface area contributed by atoms with Gasteiger partial charge in [0.05, 0.1) is 11.6 Å². The number of halogens is 1. The van der Waals surface area contributed by atoms with Gasteiger partial charge in [0.15, 0.2) is 0 Å². The van der Waals surface area contributed by atoms with E-state index in [2.05, 4.69) is 32.3 Å². The van der Waals surface area contributed by atoms with Crippen molar-refractivity contribution in [2.24, 2.45) is 5.92 Å². The maximum absolute atomic E-state index is 11.8. The van der Waals surface area contributed by atoms with Gasteiger partial charge in [0.25, 0.3) is 5.91 Å². The minimum absolute atomic E-state index is 0.251. The first-order valence-electron chi connectivity index (χ1n) is 5.03. The van der Waals surface area contributed by atoms with Crippen molar-refractivity contribution in [3.05, 3.63) is 28.5 Å². The highest BCUT2D eigenvalue weighted by molar-refractivity contribution is 9.10. The summed E-state index contributed by atoms with van der Waals surface area (Å²) in [6.07, 6.45) is 3.64. The van der Waals surface area contributed by atoms with Crippen LogP contribution in [0.3, 0.4) is 0 Å². The van der Waals surface area contributed by atoms with Crippen LogP contribution in [0.4, 0.5) is 0 Å². The molecule has 0 radical (unpaired) electrons. The van der Waals surface area contributed by atoms with E-state index in [-0.39, 0.29) is 11.9 Å². The van der Waals surface area contributed by atoms with Crippen molar-refractivity contribution in [3.8, 4) is 6.07 Å². The maximum atomic E-state index is 11.8. The zero-order valence-corrected chi connectivity index (χ0v) is 10.1. The molecule has 1 aliphatic rings. The Balaban J connectivity index is 2.08. The molecule has 1 N–H and O–H groups in total. The Kier molecular flexibility index (Phi) is 3.20. The van der Waals surface area contributed by atoms with Crippen molar-refractivity contribution in [3.63, 3.8) is 0 Å². The standard InChI is InChI=1S/C11H10BrN3O/c12-10-8(2-1-5-14-10)11(16)15-9(6-13)7-3-4-7/h1-2,5,7,9H,3-4H2,(H,15,16). The minimum Gasteiger partial charge on any atom is -0.336 e. The molecule has 1 fully saturated rings. The number of carbonyl (C=O) groups excluding carboxylic acids is 1. The van der Waals surface area contributed by atoms with Gasteiger partial charge >= 0.3 is 0 Å². The molecule has 1 heterocycles. The smallest absolute Gasteiger partial charge is 0.255 e. The summed E-state index contributed by atoms with van der Waals surface area (Å²) in [5.41, 5.74) is 0.461. The van der Waals surface area contributed by atoms with Crippen molar-refractivity contribution in [1.82, 2.24) is 10.3 Å². The largest absolute Gasteiger partial charge is 0.336 e. The summed E-state index contributed by atoms with van der Waals surface area (Å²) in [4.78, 5) is 15.8. The number of nitriles is 1. The normalized spacial score (nSPS) is 16.2. The molecule has 1 atom stereocenters. The average Bonchev–Trinajstić information content (AvgIpc) is 3.10. The first kappa shape index (κ1) is 11.1. The van der Waals surface area contributed by atoms with Gasteiger partial charge in [-0.05, 0) is 46.8 Å². The molecule has 0 aromatic carbocycles. The highest BCUT2D eigenvalue weighted by Gasteiger charge is 2.32. The Labute approximate surface area is 102 Å². The molecule has 5 heteroatoms. The van der Waals surface area contributed by atoms with Crippen LogP contribution < -0.4 is 5.32 Å². The zero-order valence-electron chi connectivity index (χ0n) is 8.48. The molecule has 0 saturated heterocycles. The third-order valence-corrected chi connectivity index (χ3v) is 3.15. The summed E-state index contributed by atoms with van der Waals surface area (Å²) in [7, 11) is 0. The van der Waals surface area contributed by atoms with Crippen LogP contribution in [0.15, 0.2) is 22.9 Å². The Bertz CT molecular complexity index is 451. The summed E-state index contributed by atoms with van der Waals surface area (Å²) in [6.45, 7) is 0. The van der Waals surface area contributed by atoms with Crippen molar-refractivity contribution in [2.75, 3.05) is 0 Å². The van der Waals surface area contributed by atoms with Crippen molar-refractivity contribution in [2.45, 2.75) is 18.9 Å². The Morgan fingerprint density at radius 3 is 3.00 bits per heavy atom. The molecule has 16 heavy (non-hydrogen) atoms. The molecule has 1 amide bonds. The van der Waals surface area contributed by atoms with E-state index in [1.165, 1.54) is 0 Å². The van der Waals surface area contributed by atoms with Crippen LogP contribution in [0.2, 0.25) is 0 Å². The number of nitrogens with one attached hydrogen (secondary N) is 1.